The van der Waals surface area contributed by atoms with E-state index in [9.17, 15) is 23.1 Å². The van der Waals surface area contributed by atoms with Crippen LogP contribution in [-0.4, -0.2) is 40.4 Å². The molecule has 10 heteroatoms. The Kier molecular flexibility index (Phi) is 8.17. The molecule has 1 aromatic carbocycles. The third-order valence-corrected chi connectivity index (χ3v) is 4.69. The number of hydrogen-bond acceptors (Lipinski definition) is 3. The maximum Gasteiger partial charge on any atom is 0.490 e. The van der Waals surface area contributed by atoms with Gasteiger partial charge in [-0.05, 0) is 36.0 Å². The monoisotopic (exact) mass is 443 g/mol. The van der Waals surface area contributed by atoms with Crippen LogP contribution in [0.3, 0.4) is 0 Å². The Morgan fingerprint density at radius 2 is 1.71 bits per heavy atom. The van der Waals surface area contributed by atoms with E-state index in [4.69, 9.17) is 33.1 Å². The van der Waals surface area contributed by atoms with E-state index >= 15 is 0 Å². The molecule has 3 N–H and O–H groups in total. The van der Waals surface area contributed by atoms with E-state index in [0.29, 0.717) is 16.5 Å². The van der Waals surface area contributed by atoms with Crippen LogP contribution >= 0.6 is 23.2 Å². The molecular formula is C18H22Cl2F3NO4. The Bertz CT molecular complexity index is 720. The van der Waals surface area contributed by atoms with Crippen LogP contribution in [0.2, 0.25) is 10.0 Å². The average Bonchev–Trinajstić information content (AvgIpc) is 2.88. The van der Waals surface area contributed by atoms with Crippen LogP contribution in [-0.2, 0) is 9.59 Å². The average molecular weight is 444 g/mol. The molecule has 5 nitrogen and oxygen atoms in total. The van der Waals surface area contributed by atoms with Gasteiger partial charge in [-0.3, -0.25) is 4.79 Å². The number of aliphatic carboxylic acids is 2. The summed E-state index contributed by atoms with van der Waals surface area (Å²) in [7, 11) is 0. The number of hydrogen-bond donors (Lipinski definition) is 3. The minimum atomic E-state index is -5.08. The van der Waals surface area contributed by atoms with Crippen molar-refractivity contribution in [3.63, 3.8) is 0 Å². The highest BCUT2D eigenvalue weighted by Gasteiger charge is 2.40. The van der Waals surface area contributed by atoms with E-state index in [1.165, 1.54) is 0 Å². The summed E-state index contributed by atoms with van der Waals surface area (Å²) in [5.41, 5.74) is 1.09. The molecule has 0 radical (unpaired) electrons. The Labute approximate surface area is 170 Å². The zero-order valence-electron chi connectivity index (χ0n) is 15.5. The summed E-state index contributed by atoms with van der Waals surface area (Å²) < 4.78 is 31.7. The van der Waals surface area contributed by atoms with Gasteiger partial charge < -0.3 is 15.5 Å². The number of halogens is 5. The van der Waals surface area contributed by atoms with E-state index < -0.39 is 24.2 Å². The second-order valence-electron chi connectivity index (χ2n) is 7.74. The highest BCUT2D eigenvalue weighted by molar-refractivity contribution is 6.35. The first-order chi connectivity index (χ1) is 12.6. The van der Waals surface area contributed by atoms with Gasteiger partial charge in [0.25, 0.3) is 0 Å². The van der Waals surface area contributed by atoms with Gasteiger partial charge in [-0.25, -0.2) is 4.79 Å². The van der Waals surface area contributed by atoms with Crippen molar-refractivity contribution in [2.24, 2.45) is 5.41 Å². The third-order valence-electron chi connectivity index (χ3n) is 4.13. The molecule has 1 saturated heterocycles. The van der Waals surface area contributed by atoms with Crippen LogP contribution in [0.4, 0.5) is 13.2 Å². The van der Waals surface area contributed by atoms with E-state index in [1.807, 2.05) is 12.1 Å². The normalized spacial score (nSPS) is 22.4. The lowest BCUT2D eigenvalue weighted by atomic mass is 9.81. The molecule has 1 heterocycles. The van der Waals surface area contributed by atoms with Crippen LogP contribution in [0.15, 0.2) is 18.2 Å². The topological polar surface area (TPSA) is 86.6 Å². The fourth-order valence-corrected chi connectivity index (χ4v) is 3.59. The molecule has 158 valence electrons. The van der Waals surface area contributed by atoms with Crippen molar-refractivity contribution >= 4 is 35.1 Å². The van der Waals surface area contributed by atoms with Gasteiger partial charge in [0.2, 0.25) is 0 Å². The molecule has 1 aromatic rings. The Hall–Kier alpha value is -1.51. The predicted octanol–water partition coefficient (Wildman–Crippen LogP) is 4.96. The zero-order chi connectivity index (χ0) is 21.9. The van der Waals surface area contributed by atoms with Crippen LogP contribution in [0.5, 0.6) is 0 Å². The lowest BCUT2D eigenvalue weighted by molar-refractivity contribution is -0.192. The number of nitrogens with one attached hydrogen (secondary N) is 1. The molecule has 3 atom stereocenters. The Morgan fingerprint density at radius 3 is 2.11 bits per heavy atom. The van der Waals surface area contributed by atoms with E-state index in [1.54, 1.807) is 6.07 Å². The fraction of sp³-hybridized carbons (Fsp3) is 0.556. The molecule has 2 rings (SSSR count). The van der Waals surface area contributed by atoms with Gasteiger partial charge in [0.1, 0.15) is 6.04 Å². The quantitative estimate of drug-likeness (QED) is 0.614. The predicted molar refractivity (Wildman–Crippen MR) is 99.9 cm³/mol. The molecule has 1 aliphatic rings. The van der Waals surface area contributed by atoms with Crippen LogP contribution in [0.25, 0.3) is 0 Å². The van der Waals surface area contributed by atoms with Crippen molar-refractivity contribution < 1.29 is 33.0 Å². The highest BCUT2D eigenvalue weighted by Crippen LogP contribution is 2.40. The van der Waals surface area contributed by atoms with Gasteiger partial charge in [-0.2, -0.15) is 13.2 Å². The summed E-state index contributed by atoms with van der Waals surface area (Å²) >= 11 is 12.3. The summed E-state index contributed by atoms with van der Waals surface area (Å²) in [6.07, 6.45) is -3.64. The fourth-order valence-electron chi connectivity index (χ4n) is 3.04. The SMILES string of the molecule is CC(C)(C)CC1NC(C(=O)O)CC1c1ccc(Cl)cc1Cl.O=C(O)C(F)(F)F. The zero-order valence-corrected chi connectivity index (χ0v) is 17.0. The summed E-state index contributed by atoms with van der Waals surface area (Å²) in [6, 6.07) is 5.03. The molecular weight excluding hydrogens is 422 g/mol. The first-order valence-electron chi connectivity index (χ1n) is 8.35. The molecule has 1 fully saturated rings. The van der Waals surface area contributed by atoms with Gasteiger partial charge in [0, 0.05) is 22.0 Å². The molecule has 0 bridgehead atoms. The van der Waals surface area contributed by atoms with Crippen molar-refractivity contribution in [2.75, 3.05) is 0 Å². The molecule has 1 aliphatic heterocycles. The van der Waals surface area contributed by atoms with Crippen LogP contribution in [0.1, 0.15) is 45.1 Å². The molecule has 28 heavy (non-hydrogen) atoms. The van der Waals surface area contributed by atoms with Crippen molar-refractivity contribution in [2.45, 2.75) is 57.8 Å². The van der Waals surface area contributed by atoms with Crippen molar-refractivity contribution in [3.05, 3.63) is 33.8 Å². The summed E-state index contributed by atoms with van der Waals surface area (Å²) in [5.74, 6) is -3.47. The first kappa shape index (κ1) is 24.5. The minimum absolute atomic E-state index is 0.0927. The molecule has 0 aromatic heterocycles. The second-order valence-corrected chi connectivity index (χ2v) is 8.58. The third kappa shape index (κ3) is 7.48. The van der Waals surface area contributed by atoms with Crippen molar-refractivity contribution in [1.29, 1.82) is 0 Å². The van der Waals surface area contributed by atoms with Gasteiger partial charge >= 0.3 is 18.1 Å². The molecule has 0 saturated carbocycles. The van der Waals surface area contributed by atoms with Gasteiger partial charge in [0.05, 0.1) is 0 Å². The largest absolute Gasteiger partial charge is 0.490 e. The smallest absolute Gasteiger partial charge is 0.480 e. The first-order valence-corrected chi connectivity index (χ1v) is 9.11. The van der Waals surface area contributed by atoms with Crippen molar-refractivity contribution in [1.82, 2.24) is 5.32 Å². The maximum absolute atomic E-state index is 11.3. The number of alkyl halides is 3. The Balaban J connectivity index is 0.000000480. The van der Waals surface area contributed by atoms with E-state index in [2.05, 4.69) is 26.1 Å². The van der Waals surface area contributed by atoms with Gasteiger partial charge in [0.15, 0.2) is 0 Å². The maximum atomic E-state index is 11.3. The minimum Gasteiger partial charge on any atom is -0.480 e. The van der Waals surface area contributed by atoms with Gasteiger partial charge in [-0.1, -0.05) is 50.0 Å². The molecule has 0 amide bonds. The molecule has 0 spiro atoms. The molecule has 3 unspecified atom stereocenters. The summed E-state index contributed by atoms with van der Waals surface area (Å²) in [4.78, 5) is 20.2. The highest BCUT2D eigenvalue weighted by atomic mass is 35.5. The summed E-state index contributed by atoms with van der Waals surface area (Å²) in [6.45, 7) is 6.47. The standard InChI is InChI=1S/C16H21Cl2NO2.C2HF3O2/c1-16(2,3)8-14-11(7-13(19-14)15(20)21)10-5-4-9(17)6-12(10)18;3-2(4,5)1(6)7/h4-6,11,13-14,19H,7-8H2,1-3H3,(H,20,21);(H,6,7). The number of carboxylic acids is 2. The van der Waals surface area contributed by atoms with Gasteiger partial charge in [-0.15, -0.1) is 0 Å². The number of carbonyl (C=O) groups is 2. The van der Waals surface area contributed by atoms with E-state index in [-0.39, 0.29) is 17.4 Å². The second kappa shape index (κ2) is 9.33. The van der Waals surface area contributed by atoms with Crippen LogP contribution in [0, 0.1) is 5.41 Å². The number of benzene rings is 1. The lowest BCUT2D eigenvalue weighted by Crippen LogP contribution is -2.38. The number of carboxylic acid groups (broad SMARTS) is 2. The lowest BCUT2D eigenvalue weighted by Gasteiger charge is -2.28. The van der Waals surface area contributed by atoms with Crippen molar-refractivity contribution in [3.8, 4) is 0 Å². The molecule has 0 aliphatic carbocycles. The Morgan fingerprint density at radius 1 is 1.18 bits per heavy atom. The number of rotatable bonds is 3. The summed E-state index contributed by atoms with van der Waals surface area (Å²) in [5, 5.41) is 20.9. The van der Waals surface area contributed by atoms with E-state index in [0.717, 1.165) is 12.0 Å². The van der Waals surface area contributed by atoms with Crippen LogP contribution < -0.4 is 5.32 Å².